The molecule has 0 N–H and O–H groups in total. The minimum absolute atomic E-state index is 0.801. The van der Waals surface area contributed by atoms with Gasteiger partial charge in [0.05, 0.1) is 14.2 Å². The molecule has 0 fully saturated rings. The third-order valence-electron chi connectivity index (χ3n) is 1.91. The predicted octanol–water partition coefficient (Wildman–Crippen LogP) is 2.36. The average Bonchev–Trinajstić information content (AvgIpc) is 2.18. The average molecular weight is 196 g/mol. The van der Waals surface area contributed by atoms with Gasteiger partial charge in [-0.25, -0.2) is 0 Å². The van der Waals surface area contributed by atoms with Crippen molar-refractivity contribution < 1.29 is 9.47 Å². The van der Waals surface area contributed by atoms with Crippen LogP contribution in [-0.2, 0) is 0 Å². The zero-order valence-corrected chi connectivity index (χ0v) is 8.77. The molecule has 0 aliphatic carbocycles. The van der Waals surface area contributed by atoms with Gasteiger partial charge in [-0.1, -0.05) is 12.2 Å². The van der Waals surface area contributed by atoms with Crippen molar-refractivity contribution in [2.45, 2.75) is 6.92 Å². The summed E-state index contributed by atoms with van der Waals surface area (Å²) in [6.45, 7) is 1.95. The van der Waals surface area contributed by atoms with Crippen molar-refractivity contribution in [3.63, 3.8) is 0 Å². The van der Waals surface area contributed by atoms with Crippen molar-refractivity contribution in [1.82, 2.24) is 0 Å². The molecule has 1 rings (SSSR count). The monoisotopic (exact) mass is 196 g/mol. The highest BCUT2D eigenvalue weighted by molar-refractivity contribution is 7.79. The van der Waals surface area contributed by atoms with Crippen LogP contribution in [0.1, 0.15) is 11.1 Å². The van der Waals surface area contributed by atoms with Crippen molar-refractivity contribution in [1.29, 1.82) is 0 Å². The first-order valence-electron chi connectivity index (χ1n) is 3.90. The van der Waals surface area contributed by atoms with Gasteiger partial charge in [0, 0.05) is 10.9 Å². The summed E-state index contributed by atoms with van der Waals surface area (Å²) in [5, 5.41) is 1.60. The van der Waals surface area contributed by atoms with E-state index in [-0.39, 0.29) is 0 Å². The summed E-state index contributed by atoms with van der Waals surface area (Å²) >= 11 is 4.84. The smallest absolute Gasteiger partial charge is 0.126 e. The van der Waals surface area contributed by atoms with Gasteiger partial charge in [0.1, 0.15) is 11.5 Å². The van der Waals surface area contributed by atoms with Crippen LogP contribution >= 0.6 is 12.2 Å². The standard InChI is InChI=1S/C10H12O2S/c1-7-9(11-2)4-8(6-13)5-10(7)12-3/h4-6H,1-3H3. The van der Waals surface area contributed by atoms with E-state index in [9.17, 15) is 0 Å². The zero-order chi connectivity index (χ0) is 9.84. The summed E-state index contributed by atoms with van der Waals surface area (Å²) in [5.74, 6) is 1.60. The van der Waals surface area contributed by atoms with E-state index in [2.05, 4.69) is 0 Å². The van der Waals surface area contributed by atoms with Crippen molar-refractivity contribution in [2.75, 3.05) is 14.2 Å². The lowest BCUT2D eigenvalue weighted by molar-refractivity contribution is 0.388. The molecule has 0 saturated carbocycles. The minimum atomic E-state index is 0.801. The third kappa shape index (κ3) is 1.98. The van der Waals surface area contributed by atoms with E-state index in [4.69, 9.17) is 21.7 Å². The topological polar surface area (TPSA) is 18.5 Å². The summed E-state index contributed by atoms with van der Waals surface area (Å²) in [6.07, 6.45) is 0. The lowest BCUT2D eigenvalue weighted by atomic mass is 10.1. The van der Waals surface area contributed by atoms with Gasteiger partial charge in [-0.05, 0) is 24.6 Å². The number of hydrogen-bond donors (Lipinski definition) is 0. The lowest BCUT2D eigenvalue weighted by Gasteiger charge is -2.10. The molecule has 0 radical (unpaired) electrons. The van der Waals surface area contributed by atoms with Gasteiger partial charge in [-0.2, -0.15) is 0 Å². The predicted molar refractivity (Wildman–Crippen MR) is 57.0 cm³/mol. The van der Waals surface area contributed by atoms with E-state index >= 15 is 0 Å². The Balaban J connectivity index is 3.28. The maximum atomic E-state index is 5.18. The second kappa shape index (κ2) is 4.23. The molecule has 0 heterocycles. The van der Waals surface area contributed by atoms with E-state index in [1.165, 1.54) is 0 Å². The number of benzene rings is 1. The molecule has 0 amide bonds. The van der Waals surface area contributed by atoms with Gasteiger partial charge >= 0.3 is 0 Å². The number of ether oxygens (including phenoxy) is 2. The van der Waals surface area contributed by atoms with Gasteiger partial charge in [0.15, 0.2) is 0 Å². The van der Waals surface area contributed by atoms with Gasteiger partial charge in [0.2, 0.25) is 0 Å². The van der Waals surface area contributed by atoms with E-state index in [0.29, 0.717) is 0 Å². The Labute approximate surface area is 83.5 Å². The van der Waals surface area contributed by atoms with Crippen LogP contribution in [0.2, 0.25) is 0 Å². The molecule has 3 heteroatoms. The quantitative estimate of drug-likeness (QED) is 0.691. The largest absolute Gasteiger partial charge is 0.496 e. The van der Waals surface area contributed by atoms with Gasteiger partial charge in [-0.15, -0.1) is 0 Å². The Hall–Kier alpha value is -1.09. The zero-order valence-electron chi connectivity index (χ0n) is 7.96. The van der Waals surface area contributed by atoms with Crippen LogP contribution in [0.5, 0.6) is 11.5 Å². The van der Waals surface area contributed by atoms with Crippen molar-refractivity contribution in [3.05, 3.63) is 23.3 Å². The fourth-order valence-electron chi connectivity index (χ4n) is 1.17. The Bertz CT molecular complexity index is 296. The van der Waals surface area contributed by atoms with E-state index < -0.39 is 0 Å². The number of methoxy groups -OCH3 is 2. The molecular weight excluding hydrogens is 184 g/mol. The summed E-state index contributed by atoms with van der Waals surface area (Å²) < 4.78 is 10.4. The number of rotatable bonds is 3. The summed E-state index contributed by atoms with van der Waals surface area (Å²) in [5.41, 5.74) is 1.92. The second-order valence-corrected chi connectivity index (χ2v) is 2.90. The molecular formula is C10H12O2S. The van der Waals surface area contributed by atoms with Crippen molar-refractivity contribution >= 4 is 17.6 Å². The Kier molecular flexibility index (Phi) is 3.25. The lowest BCUT2D eigenvalue weighted by Crippen LogP contribution is -1.94. The van der Waals surface area contributed by atoms with Crippen molar-refractivity contribution in [2.24, 2.45) is 0 Å². The fourth-order valence-corrected chi connectivity index (χ4v) is 1.31. The van der Waals surface area contributed by atoms with Crippen LogP contribution in [0.4, 0.5) is 0 Å². The highest BCUT2D eigenvalue weighted by Crippen LogP contribution is 2.28. The van der Waals surface area contributed by atoms with Crippen LogP contribution in [-0.4, -0.2) is 19.6 Å². The summed E-state index contributed by atoms with van der Waals surface area (Å²) in [6, 6.07) is 3.79. The van der Waals surface area contributed by atoms with Gasteiger partial charge in [-0.3, -0.25) is 0 Å². The molecule has 70 valence electrons. The highest BCUT2D eigenvalue weighted by atomic mass is 32.1. The molecule has 1 aromatic carbocycles. The molecule has 1 aromatic rings. The van der Waals surface area contributed by atoms with Crippen LogP contribution in [0, 0.1) is 6.92 Å². The highest BCUT2D eigenvalue weighted by Gasteiger charge is 2.06. The molecule has 0 saturated heterocycles. The number of hydrogen-bond acceptors (Lipinski definition) is 3. The Morgan fingerprint density at radius 2 is 1.62 bits per heavy atom. The van der Waals surface area contributed by atoms with E-state index in [1.807, 2.05) is 19.1 Å². The van der Waals surface area contributed by atoms with Crippen LogP contribution in [0.15, 0.2) is 12.1 Å². The fraction of sp³-hybridized carbons (Fsp3) is 0.300. The molecule has 0 aliphatic heterocycles. The first-order chi connectivity index (χ1) is 6.22. The van der Waals surface area contributed by atoms with Crippen LogP contribution in [0.3, 0.4) is 0 Å². The first kappa shape index (κ1) is 9.99. The Morgan fingerprint density at radius 3 is 1.92 bits per heavy atom. The van der Waals surface area contributed by atoms with Gasteiger partial charge in [0.25, 0.3) is 0 Å². The SMILES string of the molecule is COc1cc(C=S)cc(OC)c1C. The van der Waals surface area contributed by atoms with Crippen LogP contribution in [0.25, 0.3) is 0 Å². The Morgan fingerprint density at radius 1 is 1.15 bits per heavy atom. The normalized spacial score (nSPS) is 9.46. The van der Waals surface area contributed by atoms with E-state index in [0.717, 1.165) is 22.6 Å². The molecule has 13 heavy (non-hydrogen) atoms. The molecule has 0 aliphatic rings. The second-order valence-electron chi connectivity index (χ2n) is 2.67. The molecule has 0 spiro atoms. The minimum Gasteiger partial charge on any atom is -0.496 e. The number of thiocarbonyl (C=S) groups is 1. The maximum absolute atomic E-state index is 5.18. The van der Waals surface area contributed by atoms with Crippen LogP contribution < -0.4 is 9.47 Å². The van der Waals surface area contributed by atoms with Gasteiger partial charge < -0.3 is 9.47 Å². The molecule has 0 bridgehead atoms. The molecule has 2 nitrogen and oxygen atoms in total. The third-order valence-corrected chi connectivity index (χ3v) is 2.18. The molecule has 0 atom stereocenters. The maximum Gasteiger partial charge on any atom is 0.126 e. The van der Waals surface area contributed by atoms with Crippen molar-refractivity contribution in [3.8, 4) is 11.5 Å². The molecule has 0 unspecified atom stereocenters. The molecule has 0 aromatic heterocycles. The first-order valence-corrected chi connectivity index (χ1v) is 4.38. The van der Waals surface area contributed by atoms with E-state index in [1.54, 1.807) is 19.6 Å². The summed E-state index contributed by atoms with van der Waals surface area (Å²) in [7, 11) is 3.27. The summed E-state index contributed by atoms with van der Waals surface area (Å²) in [4.78, 5) is 0.